The minimum atomic E-state index is -4.86. The number of anilines is 1. The highest BCUT2D eigenvalue weighted by Gasteiger charge is 2.31. The van der Waals surface area contributed by atoms with E-state index < -0.39 is 18.0 Å². The Labute approximate surface area is 268 Å². The molecule has 1 amide bonds. The van der Waals surface area contributed by atoms with Gasteiger partial charge in [-0.3, -0.25) is 9.48 Å². The normalized spacial score (nSPS) is 11.7. The number of nitrogens with zero attached hydrogens (tertiary/aromatic N) is 2. The van der Waals surface area contributed by atoms with Crippen LogP contribution in [0.15, 0.2) is 48.5 Å². The van der Waals surface area contributed by atoms with Gasteiger partial charge >= 0.3 is 6.36 Å². The molecule has 7 nitrogen and oxygen atoms in total. The highest BCUT2D eigenvalue weighted by molar-refractivity contribution is 6.35. The third kappa shape index (κ3) is 6.92. The number of H-pyrrole nitrogens is 1. The van der Waals surface area contributed by atoms with Crippen LogP contribution in [0.2, 0.25) is 10.0 Å². The number of carbonyl (C=O) groups excluding carboxylic acids is 1. The molecule has 0 spiro atoms. The van der Waals surface area contributed by atoms with Crippen LogP contribution in [0, 0.1) is 27.7 Å². The fraction of sp³-hybridized carbons (Fsp3) is 0.273. The number of nitrogens with one attached hydrogen (secondary N) is 2. The number of amides is 1. The number of fused-ring (bicyclic) bond motifs is 1. The molecular formula is C33H31Cl2F3N4O3. The lowest BCUT2D eigenvalue weighted by atomic mass is 9.98. The summed E-state index contributed by atoms with van der Waals surface area (Å²) in [5.41, 5.74) is 6.82. The topological polar surface area (TPSA) is 81.2 Å². The van der Waals surface area contributed by atoms with Crippen LogP contribution in [0.3, 0.4) is 0 Å². The number of aromatic nitrogens is 3. The molecular weight excluding hydrogens is 628 g/mol. The van der Waals surface area contributed by atoms with Crippen LogP contribution in [-0.4, -0.2) is 33.6 Å². The molecule has 0 aliphatic carbocycles. The average molecular weight is 660 g/mol. The summed E-state index contributed by atoms with van der Waals surface area (Å²) < 4.78 is 50.2. The van der Waals surface area contributed by atoms with Gasteiger partial charge in [-0.1, -0.05) is 35.3 Å². The Hall–Kier alpha value is -4.15. The van der Waals surface area contributed by atoms with Crippen molar-refractivity contribution in [3.8, 4) is 22.6 Å². The number of ether oxygens (including phenoxy) is 2. The van der Waals surface area contributed by atoms with Crippen molar-refractivity contribution in [3.05, 3.63) is 92.3 Å². The van der Waals surface area contributed by atoms with E-state index in [1.54, 1.807) is 10.7 Å². The summed E-state index contributed by atoms with van der Waals surface area (Å²) in [4.78, 5) is 17.0. The summed E-state index contributed by atoms with van der Waals surface area (Å²) in [6.45, 7) is 8.03. The third-order valence-electron chi connectivity index (χ3n) is 7.59. The number of aryl methyl sites for hydroxylation is 5. The van der Waals surface area contributed by atoms with E-state index in [1.165, 1.54) is 12.1 Å². The van der Waals surface area contributed by atoms with E-state index in [0.29, 0.717) is 46.3 Å². The highest BCUT2D eigenvalue weighted by Crippen LogP contribution is 2.40. The third-order valence-corrected chi connectivity index (χ3v) is 8.50. The Bertz CT molecular complexity index is 1890. The molecule has 0 bridgehead atoms. The van der Waals surface area contributed by atoms with E-state index in [-0.39, 0.29) is 11.4 Å². The first-order valence-electron chi connectivity index (χ1n) is 14.1. The predicted molar refractivity (Wildman–Crippen MR) is 171 cm³/mol. The molecule has 0 aliphatic rings. The molecule has 5 rings (SSSR count). The first kappa shape index (κ1) is 32.2. The lowest BCUT2D eigenvalue weighted by Gasteiger charge is -2.12. The van der Waals surface area contributed by atoms with E-state index in [4.69, 9.17) is 27.9 Å². The molecule has 2 heterocycles. The molecule has 5 aromatic rings. The first-order chi connectivity index (χ1) is 21.2. The Morgan fingerprint density at radius 3 is 2.36 bits per heavy atom. The van der Waals surface area contributed by atoms with Crippen LogP contribution in [0.25, 0.3) is 22.0 Å². The van der Waals surface area contributed by atoms with Gasteiger partial charge in [-0.05, 0) is 87.6 Å². The minimum absolute atomic E-state index is 0.139. The lowest BCUT2D eigenvalue weighted by molar-refractivity contribution is -0.274. The fourth-order valence-electron chi connectivity index (χ4n) is 5.52. The largest absolute Gasteiger partial charge is 0.573 e. The summed E-state index contributed by atoms with van der Waals surface area (Å²) >= 11 is 13.1. The summed E-state index contributed by atoms with van der Waals surface area (Å²) in [5.74, 6) is -0.278. The van der Waals surface area contributed by atoms with Crippen molar-refractivity contribution in [1.82, 2.24) is 14.8 Å². The SMILES string of the molecule is Cc1cc(OCCCc2c(C(=O)Nc3cccc(OC(F)(F)F)c3)[nH]c3c(-c4c(C)nn(C)c4C)c(Cl)ccc23)cc(C)c1Cl. The van der Waals surface area contributed by atoms with Gasteiger partial charge in [0.2, 0.25) is 0 Å². The van der Waals surface area contributed by atoms with Crippen molar-refractivity contribution in [2.24, 2.45) is 7.05 Å². The van der Waals surface area contributed by atoms with Crippen molar-refractivity contribution in [1.29, 1.82) is 0 Å². The van der Waals surface area contributed by atoms with Gasteiger partial charge in [0.05, 0.1) is 22.8 Å². The maximum atomic E-state index is 13.7. The van der Waals surface area contributed by atoms with Gasteiger partial charge in [0.1, 0.15) is 17.2 Å². The Morgan fingerprint density at radius 2 is 1.71 bits per heavy atom. The van der Waals surface area contributed by atoms with Gasteiger partial charge in [0, 0.05) is 46.0 Å². The van der Waals surface area contributed by atoms with Crippen molar-refractivity contribution in [2.45, 2.75) is 46.9 Å². The molecule has 2 N–H and O–H groups in total. The number of hydrogen-bond donors (Lipinski definition) is 2. The fourth-order valence-corrected chi connectivity index (χ4v) is 5.88. The quantitative estimate of drug-likeness (QED) is 0.155. The first-order valence-corrected chi connectivity index (χ1v) is 14.9. The Kier molecular flexibility index (Phi) is 9.09. The lowest BCUT2D eigenvalue weighted by Crippen LogP contribution is -2.18. The summed E-state index contributed by atoms with van der Waals surface area (Å²) in [6.07, 6.45) is -3.85. The Morgan fingerprint density at radius 1 is 1.00 bits per heavy atom. The van der Waals surface area contributed by atoms with E-state index in [2.05, 4.69) is 20.1 Å². The molecule has 3 aromatic carbocycles. The van der Waals surface area contributed by atoms with Crippen molar-refractivity contribution in [2.75, 3.05) is 11.9 Å². The summed E-state index contributed by atoms with van der Waals surface area (Å²) in [6, 6.07) is 12.5. The zero-order valence-electron chi connectivity index (χ0n) is 25.2. The molecule has 0 fully saturated rings. The standard InChI is InChI=1S/C33H31Cl2F3N4O3/c1-17-14-23(15-18(2)29(17)35)44-13-7-10-24-25-11-12-26(34)28(27-19(3)41-42(5)20(27)4)30(25)40-31(24)32(43)39-21-8-6-9-22(16-21)45-33(36,37)38/h6,8-9,11-12,14-16,40H,7,10,13H2,1-5H3,(H,39,43). The maximum Gasteiger partial charge on any atom is 0.573 e. The maximum absolute atomic E-state index is 13.7. The van der Waals surface area contributed by atoms with E-state index >= 15 is 0 Å². The summed E-state index contributed by atoms with van der Waals surface area (Å²) in [5, 5.41) is 9.22. The molecule has 0 aliphatic heterocycles. The van der Waals surface area contributed by atoms with Gasteiger partial charge in [-0.15, -0.1) is 13.2 Å². The second-order valence-electron chi connectivity index (χ2n) is 10.8. The smallest absolute Gasteiger partial charge is 0.494 e. The number of carbonyl (C=O) groups is 1. The molecule has 45 heavy (non-hydrogen) atoms. The summed E-state index contributed by atoms with van der Waals surface area (Å²) in [7, 11) is 1.85. The van der Waals surface area contributed by atoms with Gasteiger partial charge in [0.25, 0.3) is 5.91 Å². The van der Waals surface area contributed by atoms with Crippen LogP contribution in [0.1, 0.15) is 45.0 Å². The Balaban J connectivity index is 1.51. The zero-order valence-corrected chi connectivity index (χ0v) is 26.8. The number of aromatic amines is 1. The average Bonchev–Trinajstić information content (AvgIpc) is 3.44. The number of hydrogen-bond acceptors (Lipinski definition) is 4. The van der Waals surface area contributed by atoms with Crippen molar-refractivity contribution < 1.29 is 27.4 Å². The van der Waals surface area contributed by atoms with Crippen LogP contribution in [-0.2, 0) is 13.5 Å². The predicted octanol–water partition coefficient (Wildman–Crippen LogP) is 9.27. The van der Waals surface area contributed by atoms with Crippen molar-refractivity contribution in [3.63, 3.8) is 0 Å². The van der Waals surface area contributed by atoms with E-state index in [0.717, 1.165) is 51.2 Å². The van der Waals surface area contributed by atoms with Gasteiger partial charge in [0.15, 0.2) is 0 Å². The van der Waals surface area contributed by atoms with Gasteiger partial charge in [-0.25, -0.2) is 0 Å². The van der Waals surface area contributed by atoms with E-state index in [1.807, 2.05) is 52.9 Å². The molecule has 0 saturated carbocycles. The highest BCUT2D eigenvalue weighted by atomic mass is 35.5. The molecule has 12 heteroatoms. The monoisotopic (exact) mass is 658 g/mol. The van der Waals surface area contributed by atoms with E-state index in [9.17, 15) is 18.0 Å². The second kappa shape index (κ2) is 12.7. The van der Waals surface area contributed by atoms with Crippen molar-refractivity contribution >= 4 is 45.7 Å². The molecule has 0 radical (unpaired) electrons. The molecule has 0 atom stereocenters. The number of alkyl halides is 3. The number of halogens is 5. The van der Waals surface area contributed by atoms with Crippen LogP contribution in [0.5, 0.6) is 11.5 Å². The molecule has 0 saturated heterocycles. The number of rotatable bonds is 9. The zero-order chi connectivity index (χ0) is 32.6. The molecule has 0 unspecified atom stereocenters. The van der Waals surface area contributed by atoms with Crippen LogP contribution >= 0.6 is 23.2 Å². The number of benzene rings is 3. The molecule has 236 valence electrons. The van der Waals surface area contributed by atoms with Gasteiger partial charge < -0.3 is 19.8 Å². The molecule has 2 aromatic heterocycles. The minimum Gasteiger partial charge on any atom is -0.494 e. The van der Waals surface area contributed by atoms with Gasteiger partial charge in [-0.2, -0.15) is 5.10 Å². The van der Waals surface area contributed by atoms with Crippen LogP contribution in [0.4, 0.5) is 18.9 Å². The van der Waals surface area contributed by atoms with Crippen LogP contribution < -0.4 is 14.8 Å². The second-order valence-corrected chi connectivity index (χ2v) is 11.6.